The molecule has 8 N–H and O–H groups in total. The van der Waals surface area contributed by atoms with Crippen molar-refractivity contribution in [3.8, 4) is 11.5 Å². The second-order valence-electron chi connectivity index (χ2n) is 11.6. The number of hydrogen-bond acceptors (Lipinski definition) is 13. The number of amides is 3. The van der Waals surface area contributed by atoms with Gasteiger partial charge in [-0.1, -0.05) is 6.07 Å². The van der Waals surface area contributed by atoms with Gasteiger partial charge in [-0.15, -0.1) is 0 Å². The molecule has 56 heavy (non-hydrogen) atoms. The van der Waals surface area contributed by atoms with Crippen LogP contribution in [0.1, 0.15) is 26.3 Å². The van der Waals surface area contributed by atoms with E-state index in [2.05, 4.69) is 36.7 Å². The van der Waals surface area contributed by atoms with Gasteiger partial charge in [0.25, 0.3) is 16.0 Å². The first-order valence-electron chi connectivity index (χ1n) is 15.8. The number of benzene rings is 4. The number of ether oxygens (including phenoxy) is 1. The molecule has 1 aliphatic rings. The average Bonchev–Trinajstić information content (AvgIpc) is 3.14. The number of aryl methyl sites for hydroxylation is 1. The number of nitrogens with zero attached hydrogens (tertiary/aromatic N) is 3. The van der Waals surface area contributed by atoms with E-state index in [1.165, 1.54) is 37.5 Å². The number of aromatic hydroxyl groups is 1. The number of rotatable bonds is 12. The second kappa shape index (κ2) is 16.5. The lowest BCUT2D eigenvalue weighted by atomic mass is 10.0. The zero-order chi connectivity index (χ0) is 40.7. The molecule has 0 saturated carbocycles. The Balaban J connectivity index is 1.23. The van der Waals surface area contributed by atoms with Crippen LogP contribution in [-0.4, -0.2) is 70.8 Å². The van der Waals surface area contributed by atoms with Gasteiger partial charge in [-0.05, 0) is 91.4 Å². The number of allylic oxidation sites excluding steroid dienone is 3. The fourth-order valence-corrected chi connectivity index (χ4v) is 5.54. The summed E-state index contributed by atoms with van der Waals surface area (Å²) < 4.78 is 38.2. The van der Waals surface area contributed by atoms with Crippen molar-refractivity contribution in [3.63, 3.8) is 0 Å². The van der Waals surface area contributed by atoms with Crippen LogP contribution in [0.2, 0.25) is 0 Å². The Hall–Kier alpha value is -7.71. The summed E-state index contributed by atoms with van der Waals surface area (Å²) in [5.74, 6) is -5.27. The molecule has 0 heterocycles. The third-order valence-corrected chi connectivity index (χ3v) is 8.51. The molecule has 1 aliphatic carbocycles. The standard InChI is InChI=1S/C36H29N7O12S/c1-18-12-28(30(55-2)17-27(18)43-42-24-15-26(35(49)50)32(45)31(16-24)56(52,53)54)39-33(46)19-4-3-5-22(13-19)38-36(51)37-20-6-8-21(9-7-20)40-41-23-10-11-29(44)25(14-23)34(47)48/h3-17,40,45H,1-2H3,(H,39,46)(H,47,48)(H,49,50)(H2,37,38,51)(H,52,53,54). The van der Waals surface area contributed by atoms with Gasteiger partial charge in [-0.25, -0.2) is 14.4 Å². The van der Waals surface area contributed by atoms with Gasteiger partial charge in [0, 0.05) is 23.0 Å². The van der Waals surface area contributed by atoms with E-state index in [-0.39, 0.29) is 39.8 Å². The number of carboxylic acids is 2. The lowest BCUT2D eigenvalue weighted by Gasteiger charge is -2.13. The Morgan fingerprint density at radius 1 is 0.804 bits per heavy atom. The predicted molar refractivity (Wildman–Crippen MR) is 201 cm³/mol. The smallest absolute Gasteiger partial charge is 0.339 e. The zero-order valence-corrected chi connectivity index (χ0v) is 29.8. The molecule has 0 fully saturated rings. The summed E-state index contributed by atoms with van der Waals surface area (Å²) >= 11 is 0. The summed E-state index contributed by atoms with van der Waals surface area (Å²) in [6, 6.07) is 16.3. The highest BCUT2D eigenvalue weighted by Crippen LogP contribution is 2.36. The Morgan fingerprint density at radius 2 is 1.50 bits per heavy atom. The fraction of sp³-hybridized carbons (Fsp3) is 0.0556. The maximum atomic E-state index is 13.3. The molecule has 286 valence electrons. The first-order chi connectivity index (χ1) is 26.5. The largest absolute Gasteiger partial charge is 0.506 e. The number of carbonyl (C=O) groups excluding carboxylic acids is 3. The van der Waals surface area contributed by atoms with E-state index in [1.807, 2.05) is 0 Å². The molecule has 19 nitrogen and oxygen atoms in total. The van der Waals surface area contributed by atoms with Gasteiger partial charge in [-0.3, -0.25) is 19.6 Å². The van der Waals surface area contributed by atoms with Gasteiger partial charge in [-0.2, -0.15) is 23.7 Å². The number of aromatic carboxylic acids is 1. The quantitative estimate of drug-likeness (QED) is 0.0274. The van der Waals surface area contributed by atoms with Crippen molar-refractivity contribution in [2.45, 2.75) is 11.8 Å². The van der Waals surface area contributed by atoms with Gasteiger partial charge in [0.05, 0.1) is 35.6 Å². The Labute approximate surface area is 316 Å². The predicted octanol–water partition coefficient (Wildman–Crippen LogP) is 5.88. The van der Waals surface area contributed by atoms with Crippen LogP contribution in [0, 0.1) is 6.92 Å². The lowest BCUT2D eigenvalue weighted by molar-refractivity contribution is -0.134. The molecule has 0 aromatic heterocycles. The van der Waals surface area contributed by atoms with Gasteiger partial charge in [0.15, 0.2) is 11.5 Å². The van der Waals surface area contributed by atoms with Crippen molar-refractivity contribution >= 4 is 79.6 Å². The van der Waals surface area contributed by atoms with Crippen LogP contribution >= 0.6 is 0 Å². The van der Waals surface area contributed by atoms with E-state index < -0.39 is 61.6 Å². The zero-order valence-electron chi connectivity index (χ0n) is 29.0. The average molecular weight is 784 g/mol. The van der Waals surface area contributed by atoms with Crippen LogP contribution < -0.4 is 26.1 Å². The number of aliphatic carboxylic acids is 1. The number of phenols is 1. The van der Waals surface area contributed by atoms with Gasteiger partial charge in [0.2, 0.25) is 0 Å². The first kappa shape index (κ1) is 39.5. The van der Waals surface area contributed by atoms with Crippen molar-refractivity contribution in [1.29, 1.82) is 0 Å². The number of carbonyl (C=O) groups is 5. The molecule has 0 saturated heterocycles. The lowest BCUT2D eigenvalue weighted by Crippen LogP contribution is -2.20. The molecule has 0 bridgehead atoms. The van der Waals surface area contributed by atoms with E-state index in [1.54, 1.807) is 43.3 Å². The molecule has 4 aromatic rings. The summed E-state index contributed by atoms with van der Waals surface area (Å²) in [7, 11) is -3.68. The van der Waals surface area contributed by atoms with Gasteiger partial charge >= 0.3 is 18.0 Å². The minimum Gasteiger partial charge on any atom is -0.506 e. The van der Waals surface area contributed by atoms with Crippen LogP contribution in [0.4, 0.5) is 38.9 Å². The molecule has 0 radical (unpaired) electrons. The van der Waals surface area contributed by atoms with Crippen LogP contribution in [0.15, 0.2) is 117 Å². The van der Waals surface area contributed by atoms with Gasteiger partial charge in [0.1, 0.15) is 21.8 Å². The Morgan fingerprint density at radius 3 is 2.16 bits per heavy atom. The van der Waals surface area contributed by atoms with Crippen molar-refractivity contribution in [2.24, 2.45) is 15.3 Å². The van der Waals surface area contributed by atoms with Crippen LogP contribution in [-0.2, 0) is 19.7 Å². The maximum absolute atomic E-state index is 13.3. The number of urea groups is 1. The Bertz CT molecular complexity index is 2530. The summed E-state index contributed by atoms with van der Waals surface area (Å²) in [4.78, 5) is 59.3. The number of ketones is 1. The number of hydrogen-bond donors (Lipinski definition) is 8. The molecule has 3 amide bonds. The molecule has 0 aliphatic heterocycles. The van der Waals surface area contributed by atoms with E-state index >= 15 is 0 Å². The molecule has 0 unspecified atom stereocenters. The highest BCUT2D eigenvalue weighted by atomic mass is 32.2. The van der Waals surface area contributed by atoms with Crippen LogP contribution in [0.3, 0.4) is 0 Å². The van der Waals surface area contributed by atoms with E-state index in [0.717, 1.165) is 24.3 Å². The summed E-state index contributed by atoms with van der Waals surface area (Å²) in [6.45, 7) is 1.61. The molecule has 20 heteroatoms. The monoisotopic (exact) mass is 783 g/mol. The third kappa shape index (κ3) is 9.63. The number of azo groups is 1. The highest BCUT2D eigenvalue weighted by molar-refractivity contribution is 7.86. The van der Waals surface area contributed by atoms with Crippen molar-refractivity contribution in [2.75, 3.05) is 28.5 Å². The van der Waals surface area contributed by atoms with E-state index in [0.29, 0.717) is 16.9 Å². The van der Waals surface area contributed by atoms with Crippen molar-refractivity contribution in [1.82, 2.24) is 0 Å². The van der Waals surface area contributed by atoms with E-state index in [9.17, 15) is 47.2 Å². The number of carboxylic acid groups (broad SMARTS) is 2. The summed E-state index contributed by atoms with van der Waals surface area (Å²) in [5, 5.41) is 48.4. The highest BCUT2D eigenvalue weighted by Gasteiger charge is 2.24. The maximum Gasteiger partial charge on any atom is 0.339 e. The van der Waals surface area contributed by atoms with Crippen molar-refractivity contribution in [3.05, 3.63) is 113 Å². The Kier molecular flexibility index (Phi) is 11.7. The molecule has 4 aromatic carbocycles. The normalized spacial score (nSPS) is 13.2. The summed E-state index contributed by atoms with van der Waals surface area (Å²) in [6.07, 6.45) is 3.61. The van der Waals surface area contributed by atoms with E-state index in [4.69, 9.17) is 9.84 Å². The number of methoxy groups -OCH3 is 1. The number of anilines is 4. The number of hydrazone groups is 1. The molecular formula is C36H29N7O12S. The topological polar surface area (TPSA) is 295 Å². The van der Waals surface area contributed by atoms with Crippen molar-refractivity contribution < 1.29 is 57.0 Å². The molecule has 5 rings (SSSR count). The summed E-state index contributed by atoms with van der Waals surface area (Å²) in [5.41, 5.74) is 3.64. The SMILES string of the molecule is COc1cc(N=Nc2cc(C(=O)O)c(O)c(S(=O)(=O)O)c2)c(C)cc1NC(=O)c1cccc(NC(=O)Nc2ccc(NN=C3C=CC(=O)C(C(=O)O)=C3)cc2)c1. The van der Waals surface area contributed by atoms with Crippen LogP contribution in [0.5, 0.6) is 11.5 Å². The van der Waals surface area contributed by atoms with Gasteiger partial charge < -0.3 is 36.0 Å². The third-order valence-electron chi connectivity index (χ3n) is 7.64. The second-order valence-corrected chi connectivity index (χ2v) is 12.9. The van der Waals surface area contributed by atoms with Crippen LogP contribution in [0.25, 0.3) is 0 Å². The molecular weight excluding hydrogens is 754 g/mol. The fourth-order valence-electron chi connectivity index (χ4n) is 4.91. The molecule has 0 atom stereocenters. The minimum absolute atomic E-state index is 0.141. The molecule has 0 spiro atoms. The first-order valence-corrected chi connectivity index (χ1v) is 17.2. The minimum atomic E-state index is -5.01. The number of nitrogens with one attached hydrogen (secondary N) is 4.